The zero-order chi connectivity index (χ0) is 11.5. The predicted molar refractivity (Wildman–Crippen MR) is 57.6 cm³/mol. The molecular weight excluding hydrogens is 208 g/mol. The number of carbonyl (C=O) groups is 1. The molecule has 0 aliphatic carbocycles. The second kappa shape index (κ2) is 4.18. The van der Waals surface area contributed by atoms with Crippen molar-refractivity contribution in [3.05, 3.63) is 18.7 Å². The fraction of sp³-hybridized carbons (Fsp3) is 0.300. The SMILES string of the molecule is CC(C)C(=O)Nc1cnc(-c2ncco2)[nH]1. The Labute approximate surface area is 92.1 Å². The van der Waals surface area contributed by atoms with Crippen LogP contribution in [0.5, 0.6) is 0 Å². The van der Waals surface area contributed by atoms with Crippen LogP contribution in [0.15, 0.2) is 23.1 Å². The van der Waals surface area contributed by atoms with E-state index in [4.69, 9.17) is 4.42 Å². The highest BCUT2D eigenvalue weighted by Gasteiger charge is 2.11. The molecule has 0 unspecified atom stereocenters. The van der Waals surface area contributed by atoms with Crippen molar-refractivity contribution in [2.75, 3.05) is 5.32 Å². The van der Waals surface area contributed by atoms with Crippen molar-refractivity contribution in [2.24, 2.45) is 5.92 Å². The molecule has 2 heterocycles. The topological polar surface area (TPSA) is 83.8 Å². The zero-order valence-corrected chi connectivity index (χ0v) is 9.02. The molecule has 0 saturated heterocycles. The fourth-order valence-electron chi connectivity index (χ4n) is 1.11. The molecule has 0 atom stereocenters. The van der Waals surface area contributed by atoms with Gasteiger partial charge in [0.05, 0.1) is 12.4 Å². The molecule has 84 valence electrons. The van der Waals surface area contributed by atoms with Gasteiger partial charge in [0.15, 0.2) is 5.82 Å². The molecule has 2 aromatic rings. The molecule has 0 aliphatic heterocycles. The van der Waals surface area contributed by atoms with Gasteiger partial charge in [0.1, 0.15) is 12.1 Å². The Hall–Kier alpha value is -2.11. The Kier molecular flexibility index (Phi) is 2.72. The largest absolute Gasteiger partial charge is 0.442 e. The van der Waals surface area contributed by atoms with Crippen molar-refractivity contribution >= 4 is 11.7 Å². The number of hydrogen-bond acceptors (Lipinski definition) is 4. The van der Waals surface area contributed by atoms with Crippen molar-refractivity contribution in [2.45, 2.75) is 13.8 Å². The monoisotopic (exact) mass is 220 g/mol. The number of aromatic nitrogens is 3. The number of imidazole rings is 1. The minimum atomic E-state index is -0.0755. The predicted octanol–water partition coefficient (Wildman–Crippen LogP) is 1.66. The summed E-state index contributed by atoms with van der Waals surface area (Å²) in [5, 5.41) is 2.70. The second-order valence-corrected chi connectivity index (χ2v) is 3.63. The molecule has 0 saturated carbocycles. The number of nitrogens with one attached hydrogen (secondary N) is 2. The van der Waals surface area contributed by atoms with Crippen LogP contribution in [0.1, 0.15) is 13.8 Å². The molecule has 0 aliphatic rings. The summed E-state index contributed by atoms with van der Waals surface area (Å²) in [6, 6.07) is 0. The van der Waals surface area contributed by atoms with Gasteiger partial charge in [-0.2, -0.15) is 0 Å². The molecule has 2 N–H and O–H groups in total. The number of carbonyl (C=O) groups excluding carboxylic acids is 1. The third-order valence-electron chi connectivity index (χ3n) is 1.99. The number of anilines is 1. The van der Waals surface area contributed by atoms with E-state index in [9.17, 15) is 4.79 Å². The molecule has 6 heteroatoms. The van der Waals surface area contributed by atoms with Gasteiger partial charge in [0, 0.05) is 5.92 Å². The molecule has 16 heavy (non-hydrogen) atoms. The highest BCUT2D eigenvalue weighted by Crippen LogP contribution is 2.15. The first kappa shape index (κ1) is 10.4. The van der Waals surface area contributed by atoms with Gasteiger partial charge in [-0.3, -0.25) is 4.79 Å². The van der Waals surface area contributed by atoms with Crippen molar-refractivity contribution in [3.63, 3.8) is 0 Å². The third-order valence-corrected chi connectivity index (χ3v) is 1.99. The molecule has 0 bridgehead atoms. The molecule has 0 spiro atoms. The molecule has 1 amide bonds. The first-order valence-electron chi connectivity index (χ1n) is 4.92. The van der Waals surface area contributed by atoms with Crippen molar-refractivity contribution < 1.29 is 9.21 Å². The molecular formula is C10H12N4O2. The summed E-state index contributed by atoms with van der Waals surface area (Å²) in [7, 11) is 0. The van der Waals surface area contributed by atoms with Gasteiger partial charge in [-0.15, -0.1) is 0 Å². The van der Waals surface area contributed by atoms with Gasteiger partial charge < -0.3 is 14.7 Å². The second-order valence-electron chi connectivity index (χ2n) is 3.63. The van der Waals surface area contributed by atoms with Crippen LogP contribution in [-0.2, 0) is 4.79 Å². The number of amides is 1. The highest BCUT2D eigenvalue weighted by atomic mass is 16.3. The van der Waals surface area contributed by atoms with E-state index in [1.807, 2.05) is 13.8 Å². The lowest BCUT2D eigenvalue weighted by Crippen LogP contribution is -2.17. The van der Waals surface area contributed by atoms with Crippen LogP contribution < -0.4 is 5.32 Å². The Morgan fingerprint density at radius 3 is 2.94 bits per heavy atom. The standard InChI is InChI=1S/C10H12N4O2/c1-6(2)9(15)14-7-5-12-8(13-7)10-11-3-4-16-10/h3-6H,1-2H3,(H,12,13)(H,14,15). The van der Waals surface area contributed by atoms with Crippen LogP contribution in [0, 0.1) is 5.92 Å². The van der Waals surface area contributed by atoms with Crippen LogP contribution in [0.2, 0.25) is 0 Å². The first-order chi connectivity index (χ1) is 7.66. The van der Waals surface area contributed by atoms with E-state index < -0.39 is 0 Å². The van der Waals surface area contributed by atoms with Crippen LogP contribution in [0.25, 0.3) is 11.7 Å². The van der Waals surface area contributed by atoms with Gasteiger partial charge in [-0.25, -0.2) is 9.97 Å². The number of H-pyrrole nitrogens is 1. The lowest BCUT2D eigenvalue weighted by molar-refractivity contribution is -0.118. The molecule has 2 aromatic heterocycles. The van der Waals surface area contributed by atoms with E-state index >= 15 is 0 Å². The summed E-state index contributed by atoms with van der Waals surface area (Å²) in [5.74, 6) is 1.28. The minimum Gasteiger partial charge on any atom is -0.442 e. The van der Waals surface area contributed by atoms with E-state index in [0.717, 1.165) is 0 Å². The number of aromatic amines is 1. The van der Waals surface area contributed by atoms with E-state index in [1.165, 1.54) is 18.7 Å². The summed E-state index contributed by atoms with van der Waals surface area (Å²) < 4.78 is 5.07. The first-order valence-corrected chi connectivity index (χ1v) is 4.92. The summed E-state index contributed by atoms with van der Waals surface area (Å²) in [6.45, 7) is 3.64. The van der Waals surface area contributed by atoms with E-state index in [1.54, 1.807) is 0 Å². The smallest absolute Gasteiger partial charge is 0.262 e. The maximum atomic E-state index is 11.4. The third kappa shape index (κ3) is 2.10. The highest BCUT2D eigenvalue weighted by molar-refractivity contribution is 5.91. The Bertz CT molecular complexity index is 473. The number of hydrogen-bond donors (Lipinski definition) is 2. The van der Waals surface area contributed by atoms with Crippen LogP contribution >= 0.6 is 0 Å². The van der Waals surface area contributed by atoms with Crippen molar-refractivity contribution in [1.29, 1.82) is 0 Å². The Balaban J connectivity index is 2.11. The fourth-order valence-corrected chi connectivity index (χ4v) is 1.11. The van der Waals surface area contributed by atoms with E-state index in [2.05, 4.69) is 20.3 Å². The van der Waals surface area contributed by atoms with E-state index in [-0.39, 0.29) is 11.8 Å². The lowest BCUT2D eigenvalue weighted by atomic mass is 10.2. The summed E-state index contributed by atoms with van der Waals surface area (Å²) in [6.07, 6.45) is 4.52. The lowest BCUT2D eigenvalue weighted by Gasteiger charge is -2.03. The molecule has 0 fully saturated rings. The van der Waals surface area contributed by atoms with Crippen LogP contribution in [-0.4, -0.2) is 20.9 Å². The Morgan fingerprint density at radius 1 is 1.50 bits per heavy atom. The number of oxazole rings is 1. The van der Waals surface area contributed by atoms with Crippen LogP contribution in [0.3, 0.4) is 0 Å². The molecule has 6 nitrogen and oxygen atoms in total. The summed E-state index contributed by atoms with van der Waals surface area (Å²) >= 11 is 0. The molecule has 2 rings (SSSR count). The van der Waals surface area contributed by atoms with Gasteiger partial charge in [-0.1, -0.05) is 13.8 Å². The van der Waals surface area contributed by atoms with Crippen molar-refractivity contribution in [3.8, 4) is 11.7 Å². The van der Waals surface area contributed by atoms with Gasteiger partial charge in [0.25, 0.3) is 5.89 Å². The maximum absolute atomic E-state index is 11.4. The van der Waals surface area contributed by atoms with Crippen molar-refractivity contribution in [1.82, 2.24) is 15.0 Å². The van der Waals surface area contributed by atoms with Gasteiger partial charge >= 0.3 is 0 Å². The zero-order valence-electron chi connectivity index (χ0n) is 9.02. The average molecular weight is 220 g/mol. The molecule has 0 radical (unpaired) electrons. The number of nitrogens with zero attached hydrogens (tertiary/aromatic N) is 2. The van der Waals surface area contributed by atoms with Gasteiger partial charge in [0.2, 0.25) is 5.91 Å². The summed E-state index contributed by atoms with van der Waals surface area (Å²) in [5.41, 5.74) is 0. The summed E-state index contributed by atoms with van der Waals surface area (Å²) in [4.78, 5) is 22.3. The number of rotatable bonds is 3. The quantitative estimate of drug-likeness (QED) is 0.823. The normalized spacial score (nSPS) is 10.7. The van der Waals surface area contributed by atoms with E-state index in [0.29, 0.717) is 17.5 Å². The van der Waals surface area contributed by atoms with Crippen LogP contribution in [0.4, 0.5) is 5.82 Å². The average Bonchev–Trinajstić information content (AvgIpc) is 2.85. The maximum Gasteiger partial charge on any atom is 0.262 e. The Morgan fingerprint density at radius 2 is 2.31 bits per heavy atom. The molecule has 0 aromatic carbocycles. The van der Waals surface area contributed by atoms with Gasteiger partial charge in [-0.05, 0) is 0 Å². The minimum absolute atomic E-state index is 0.0670.